The van der Waals surface area contributed by atoms with Gasteiger partial charge in [0, 0.05) is 6.54 Å². The molecule has 0 aliphatic carbocycles. The van der Waals surface area contributed by atoms with Crippen molar-refractivity contribution < 1.29 is 9.59 Å². The van der Waals surface area contributed by atoms with Gasteiger partial charge < -0.3 is 16.4 Å². The SMILES string of the molecule is CC(C)CN(CC(N)=O)C(=O)C(C)(N)c1ccccc1. The smallest absolute Gasteiger partial charge is 0.247 e. The van der Waals surface area contributed by atoms with Crippen LogP contribution in [0.4, 0.5) is 0 Å². The Morgan fingerprint density at radius 2 is 1.80 bits per heavy atom. The van der Waals surface area contributed by atoms with E-state index >= 15 is 0 Å². The molecule has 110 valence electrons. The summed E-state index contributed by atoms with van der Waals surface area (Å²) in [7, 11) is 0. The van der Waals surface area contributed by atoms with Crippen molar-refractivity contribution in [3.63, 3.8) is 0 Å². The van der Waals surface area contributed by atoms with Crippen LogP contribution >= 0.6 is 0 Å². The lowest BCUT2D eigenvalue weighted by molar-refractivity contribution is -0.140. The fourth-order valence-corrected chi connectivity index (χ4v) is 2.08. The fourth-order valence-electron chi connectivity index (χ4n) is 2.08. The van der Waals surface area contributed by atoms with Crippen LogP contribution in [0.5, 0.6) is 0 Å². The van der Waals surface area contributed by atoms with Gasteiger partial charge in [0.1, 0.15) is 5.54 Å². The second kappa shape index (κ2) is 6.52. The number of carbonyl (C=O) groups excluding carboxylic acids is 2. The first-order chi connectivity index (χ1) is 9.25. The first kappa shape index (κ1) is 16.2. The largest absolute Gasteiger partial charge is 0.368 e. The van der Waals surface area contributed by atoms with Crippen LogP contribution in [-0.2, 0) is 15.1 Å². The Labute approximate surface area is 119 Å². The van der Waals surface area contributed by atoms with Crippen molar-refractivity contribution in [2.24, 2.45) is 17.4 Å². The summed E-state index contributed by atoms with van der Waals surface area (Å²) in [5.74, 6) is -0.607. The molecule has 0 aromatic heterocycles. The summed E-state index contributed by atoms with van der Waals surface area (Å²) in [6.45, 7) is 5.92. The molecule has 20 heavy (non-hydrogen) atoms. The zero-order valence-electron chi connectivity index (χ0n) is 12.3. The van der Waals surface area contributed by atoms with Gasteiger partial charge in [0.15, 0.2) is 0 Å². The normalized spacial score (nSPS) is 13.8. The number of carbonyl (C=O) groups is 2. The second-order valence-electron chi connectivity index (χ2n) is 5.61. The van der Waals surface area contributed by atoms with Gasteiger partial charge in [0.25, 0.3) is 0 Å². The van der Waals surface area contributed by atoms with Gasteiger partial charge in [-0.05, 0) is 18.4 Å². The van der Waals surface area contributed by atoms with Crippen molar-refractivity contribution >= 4 is 11.8 Å². The maximum Gasteiger partial charge on any atom is 0.247 e. The summed E-state index contributed by atoms with van der Waals surface area (Å²) >= 11 is 0. The minimum atomic E-state index is -1.17. The number of nitrogens with two attached hydrogens (primary N) is 2. The molecule has 0 saturated carbocycles. The molecule has 0 aliphatic rings. The van der Waals surface area contributed by atoms with E-state index in [0.29, 0.717) is 12.1 Å². The molecule has 0 heterocycles. The molecular weight excluding hydrogens is 254 g/mol. The summed E-state index contributed by atoms with van der Waals surface area (Å²) < 4.78 is 0. The van der Waals surface area contributed by atoms with E-state index in [9.17, 15) is 9.59 Å². The summed E-state index contributed by atoms with van der Waals surface area (Å²) in [6.07, 6.45) is 0. The number of hydrogen-bond acceptors (Lipinski definition) is 3. The Bertz CT molecular complexity index is 469. The quantitative estimate of drug-likeness (QED) is 0.807. The third-order valence-electron chi connectivity index (χ3n) is 3.04. The molecular formula is C15H23N3O2. The van der Waals surface area contributed by atoms with E-state index in [2.05, 4.69) is 0 Å². The van der Waals surface area contributed by atoms with E-state index in [0.717, 1.165) is 0 Å². The van der Waals surface area contributed by atoms with E-state index < -0.39 is 11.4 Å². The monoisotopic (exact) mass is 277 g/mol. The van der Waals surface area contributed by atoms with E-state index in [1.807, 2.05) is 32.0 Å². The van der Waals surface area contributed by atoms with Gasteiger partial charge in [-0.25, -0.2) is 0 Å². The Balaban J connectivity index is 3.01. The van der Waals surface area contributed by atoms with Crippen molar-refractivity contribution in [3.05, 3.63) is 35.9 Å². The van der Waals surface area contributed by atoms with Crippen LogP contribution in [0.3, 0.4) is 0 Å². The van der Waals surface area contributed by atoms with Gasteiger partial charge in [-0.2, -0.15) is 0 Å². The predicted octanol–water partition coefficient (Wildman–Crippen LogP) is 0.830. The van der Waals surface area contributed by atoms with E-state index in [1.165, 1.54) is 4.90 Å². The van der Waals surface area contributed by atoms with Crippen molar-refractivity contribution in [2.45, 2.75) is 26.3 Å². The molecule has 1 aromatic rings. The van der Waals surface area contributed by atoms with Crippen molar-refractivity contribution in [1.29, 1.82) is 0 Å². The molecule has 5 heteroatoms. The van der Waals surface area contributed by atoms with Crippen molar-refractivity contribution in [1.82, 2.24) is 4.90 Å². The van der Waals surface area contributed by atoms with Crippen molar-refractivity contribution in [2.75, 3.05) is 13.1 Å². The second-order valence-corrected chi connectivity index (χ2v) is 5.61. The first-order valence-electron chi connectivity index (χ1n) is 6.67. The van der Waals surface area contributed by atoms with Gasteiger partial charge in [0.05, 0.1) is 6.54 Å². The summed E-state index contributed by atoms with van der Waals surface area (Å²) in [6, 6.07) is 9.12. The van der Waals surface area contributed by atoms with Gasteiger partial charge in [0.2, 0.25) is 11.8 Å². The van der Waals surface area contributed by atoms with E-state index in [1.54, 1.807) is 19.1 Å². The number of hydrogen-bond donors (Lipinski definition) is 2. The molecule has 2 amide bonds. The number of nitrogens with zero attached hydrogens (tertiary/aromatic N) is 1. The lowest BCUT2D eigenvalue weighted by Crippen LogP contribution is -2.53. The standard InChI is InChI=1S/C15H23N3O2/c1-11(2)9-18(10-13(16)19)14(20)15(3,17)12-7-5-4-6-8-12/h4-8,11H,9-10,17H2,1-3H3,(H2,16,19). The Morgan fingerprint density at radius 3 is 2.25 bits per heavy atom. The Hall–Kier alpha value is -1.88. The van der Waals surface area contributed by atoms with E-state index in [4.69, 9.17) is 11.5 Å². The number of amides is 2. The van der Waals surface area contributed by atoms with Crippen LogP contribution in [0.1, 0.15) is 26.3 Å². The third kappa shape index (κ3) is 4.06. The van der Waals surface area contributed by atoms with Crippen LogP contribution in [0.15, 0.2) is 30.3 Å². The average Bonchev–Trinajstić information content (AvgIpc) is 2.37. The highest BCUT2D eigenvalue weighted by molar-refractivity contribution is 5.90. The molecule has 0 aliphatic heterocycles. The molecule has 0 saturated heterocycles. The number of rotatable bonds is 6. The Morgan fingerprint density at radius 1 is 1.25 bits per heavy atom. The highest BCUT2D eigenvalue weighted by Crippen LogP contribution is 2.20. The highest BCUT2D eigenvalue weighted by Gasteiger charge is 2.35. The van der Waals surface area contributed by atoms with Gasteiger partial charge >= 0.3 is 0 Å². The zero-order chi connectivity index (χ0) is 15.3. The topological polar surface area (TPSA) is 89.4 Å². The van der Waals surface area contributed by atoms with Gasteiger partial charge in [-0.15, -0.1) is 0 Å². The summed E-state index contributed by atoms with van der Waals surface area (Å²) in [4.78, 5) is 25.2. The van der Waals surface area contributed by atoms with E-state index in [-0.39, 0.29) is 18.4 Å². The van der Waals surface area contributed by atoms with Crippen molar-refractivity contribution in [3.8, 4) is 0 Å². The molecule has 1 atom stereocenters. The van der Waals surface area contributed by atoms with Gasteiger partial charge in [-0.1, -0.05) is 44.2 Å². The third-order valence-corrected chi connectivity index (χ3v) is 3.04. The zero-order valence-corrected chi connectivity index (χ0v) is 12.3. The van der Waals surface area contributed by atoms with Crippen LogP contribution < -0.4 is 11.5 Å². The molecule has 1 unspecified atom stereocenters. The van der Waals surface area contributed by atoms with Gasteiger partial charge in [-0.3, -0.25) is 9.59 Å². The minimum absolute atomic E-state index is 0.114. The van der Waals surface area contributed by atoms with Crippen LogP contribution in [0, 0.1) is 5.92 Å². The molecule has 0 spiro atoms. The van der Waals surface area contributed by atoms with Crippen LogP contribution in [0.2, 0.25) is 0 Å². The fraction of sp³-hybridized carbons (Fsp3) is 0.467. The van der Waals surface area contributed by atoms with Crippen LogP contribution in [-0.4, -0.2) is 29.8 Å². The lowest BCUT2D eigenvalue weighted by atomic mass is 9.91. The molecule has 0 radical (unpaired) electrons. The molecule has 0 bridgehead atoms. The minimum Gasteiger partial charge on any atom is -0.368 e. The molecule has 0 fully saturated rings. The molecule has 4 N–H and O–H groups in total. The number of benzene rings is 1. The Kier molecular flexibility index (Phi) is 5.27. The maximum atomic E-state index is 12.6. The molecule has 1 aromatic carbocycles. The maximum absolute atomic E-state index is 12.6. The molecule has 1 rings (SSSR count). The molecule has 5 nitrogen and oxygen atoms in total. The van der Waals surface area contributed by atoms with Crippen LogP contribution in [0.25, 0.3) is 0 Å². The lowest BCUT2D eigenvalue weighted by Gasteiger charge is -2.32. The highest BCUT2D eigenvalue weighted by atomic mass is 16.2. The number of primary amides is 1. The first-order valence-corrected chi connectivity index (χ1v) is 6.67. The average molecular weight is 277 g/mol. The summed E-state index contributed by atoms with van der Waals surface area (Å²) in [5, 5.41) is 0. The summed E-state index contributed by atoms with van der Waals surface area (Å²) in [5.41, 5.74) is 10.9. The predicted molar refractivity (Wildman–Crippen MR) is 78.6 cm³/mol.